The number of alkyl halides is 1. The fourth-order valence-corrected chi connectivity index (χ4v) is 4.11. The zero-order valence-corrected chi connectivity index (χ0v) is 14.1. The molecular weight excluding hydrogens is 371 g/mol. The standard InChI is InChI=1S/C13H17BrF3NO2S/c1-3-13(4-2,7-14)8-18-21(19,20)12-10(16)5-9(15)6-11(12)17/h5-6,18H,3-4,7-8H2,1-2H3. The van der Waals surface area contributed by atoms with Gasteiger partial charge in [-0.05, 0) is 18.3 Å². The molecule has 0 radical (unpaired) electrons. The van der Waals surface area contributed by atoms with Crippen molar-refractivity contribution in [2.45, 2.75) is 31.6 Å². The fourth-order valence-electron chi connectivity index (χ4n) is 1.84. The highest BCUT2D eigenvalue weighted by Crippen LogP contribution is 2.29. The van der Waals surface area contributed by atoms with E-state index in [1.54, 1.807) is 0 Å². The second-order valence-corrected chi connectivity index (χ2v) is 7.13. The zero-order valence-electron chi connectivity index (χ0n) is 11.7. The maximum atomic E-state index is 13.6. The van der Waals surface area contributed by atoms with Crippen molar-refractivity contribution in [3.8, 4) is 0 Å². The average molecular weight is 388 g/mol. The first kappa shape index (κ1) is 18.4. The summed E-state index contributed by atoms with van der Waals surface area (Å²) < 4.78 is 66.3. The lowest BCUT2D eigenvalue weighted by Gasteiger charge is -2.29. The Morgan fingerprint density at radius 3 is 2.00 bits per heavy atom. The first-order valence-corrected chi connectivity index (χ1v) is 9.02. The zero-order chi connectivity index (χ0) is 16.3. The molecule has 1 rings (SSSR count). The smallest absolute Gasteiger partial charge is 0.210 e. The molecule has 1 aromatic rings. The molecule has 3 nitrogen and oxygen atoms in total. The van der Waals surface area contributed by atoms with E-state index < -0.39 is 32.4 Å². The Labute approximate surface area is 131 Å². The highest BCUT2D eigenvalue weighted by atomic mass is 79.9. The Morgan fingerprint density at radius 1 is 1.14 bits per heavy atom. The maximum absolute atomic E-state index is 13.6. The van der Waals surface area contributed by atoms with Crippen molar-refractivity contribution >= 4 is 26.0 Å². The van der Waals surface area contributed by atoms with Gasteiger partial charge in [-0.1, -0.05) is 29.8 Å². The van der Waals surface area contributed by atoms with Gasteiger partial charge in [0.25, 0.3) is 0 Å². The van der Waals surface area contributed by atoms with Gasteiger partial charge < -0.3 is 0 Å². The fraction of sp³-hybridized carbons (Fsp3) is 0.538. The monoisotopic (exact) mass is 387 g/mol. The van der Waals surface area contributed by atoms with Crippen LogP contribution >= 0.6 is 15.9 Å². The van der Waals surface area contributed by atoms with Crippen molar-refractivity contribution in [1.29, 1.82) is 0 Å². The Kier molecular flexibility index (Phi) is 6.24. The van der Waals surface area contributed by atoms with Gasteiger partial charge in [0.2, 0.25) is 10.0 Å². The van der Waals surface area contributed by atoms with Crippen LogP contribution in [0.4, 0.5) is 13.2 Å². The number of benzene rings is 1. The SMILES string of the molecule is CCC(CC)(CBr)CNS(=O)(=O)c1c(F)cc(F)cc1F. The predicted molar refractivity (Wildman–Crippen MR) is 78.3 cm³/mol. The van der Waals surface area contributed by atoms with Gasteiger partial charge in [-0.25, -0.2) is 26.3 Å². The number of halogens is 4. The second kappa shape index (κ2) is 7.11. The Bertz CT molecular complexity index is 572. The molecule has 0 spiro atoms. The number of rotatable bonds is 7. The van der Waals surface area contributed by atoms with Crippen LogP contribution in [0, 0.1) is 22.9 Å². The van der Waals surface area contributed by atoms with Crippen molar-refractivity contribution in [3.63, 3.8) is 0 Å². The van der Waals surface area contributed by atoms with Crippen LogP contribution in [0.1, 0.15) is 26.7 Å². The predicted octanol–water partition coefficient (Wildman–Crippen LogP) is 3.58. The van der Waals surface area contributed by atoms with Crippen LogP contribution in [-0.2, 0) is 10.0 Å². The van der Waals surface area contributed by atoms with Crippen molar-refractivity contribution < 1.29 is 21.6 Å². The van der Waals surface area contributed by atoms with E-state index >= 15 is 0 Å². The topological polar surface area (TPSA) is 46.2 Å². The first-order valence-electron chi connectivity index (χ1n) is 6.41. The van der Waals surface area contributed by atoms with Crippen LogP contribution in [0.5, 0.6) is 0 Å². The molecule has 0 atom stereocenters. The third kappa shape index (κ3) is 4.20. The van der Waals surface area contributed by atoms with E-state index in [0.29, 0.717) is 30.3 Å². The molecule has 8 heteroatoms. The normalized spacial score (nSPS) is 12.7. The molecule has 0 fully saturated rings. The van der Waals surface area contributed by atoms with Gasteiger partial charge in [0.15, 0.2) is 4.90 Å². The van der Waals surface area contributed by atoms with Gasteiger partial charge in [-0.3, -0.25) is 0 Å². The maximum Gasteiger partial charge on any atom is 0.246 e. The van der Waals surface area contributed by atoms with Gasteiger partial charge in [0.1, 0.15) is 17.5 Å². The van der Waals surface area contributed by atoms with Crippen molar-refractivity contribution in [3.05, 3.63) is 29.6 Å². The molecule has 21 heavy (non-hydrogen) atoms. The molecule has 0 bridgehead atoms. The Hall–Kier alpha value is -0.600. The molecular formula is C13H17BrF3NO2S. The Balaban J connectivity index is 3.09. The summed E-state index contributed by atoms with van der Waals surface area (Å²) in [5, 5.41) is 0.546. The second-order valence-electron chi connectivity index (χ2n) is 4.86. The van der Waals surface area contributed by atoms with E-state index in [1.807, 2.05) is 13.8 Å². The minimum Gasteiger partial charge on any atom is -0.210 e. The Morgan fingerprint density at radius 2 is 1.62 bits per heavy atom. The number of nitrogens with one attached hydrogen (secondary N) is 1. The highest BCUT2D eigenvalue weighted by Gasteiger charge is 2.30. The number of hydrogen-bond acceptors (Lipinski definition) is 2. The third-order valence-corrected chi connectivity index (χ3v) is 6.29. The van der Waals surface area contributed by atoms with Gasteiger partial charge in [-0.15, -0.1) is 0 Å². The van der Waals surface area contributed by atoms with Crippen LogP contribution in [0.2, 0.25) is 0 Å². The largest absolute Gasteiger partial charge is 0.246 e. The third-order valence-electron chi connectivity index (χ3n) is 3.65. The molecule has 0 aliphatic heterocycles. The van der Waals surface area contributed by atoms with E-state index in [2.05, 4.69) is 20.7 Å². The molecule has 0 saturated heterocycles. The van der Waals surface area contributed by atoms with Crippen molar-refractivity contribution in [2.24, 2.45) is 5.41 Å². The lowest BCUT2D eigenvalue weighted by molar-refractivity contribution is 0.309. The van der Waals surface area contributed by atoms with E-state index in [-0.39, 0.29) is 12.0 Å². The van der Waals surface area contributed by atoms with Crippen LogP contribution < -0.4 is 4.72 Å². The molecule has 1 N–H and O–H groups in total. The summed E-state index contributed by atoms with van der Waals surface area (Å²) >= 11 is 3.32. The molecule has 0 aromatic heterocycles. The quantitative estimate of drug-likeness (QED) is 0.726. The number of sulfonamides is 1. The molecule has 0 heterocycles. The lowest BCUT2D eigenvalue weighted by Crippen LogP contribution is -2.38. The van der Waals surface area contributed by atoms with Gasteiger partial charge >= 0.3 is 0 Å². The van der Waals surface area contributed by atoms with Crippen LogP contribution in [0.15, 0.2) is 17.0 Å². The van der Waals surface area contributed by atoms with Gasteiger partial charge in [0, 0.05) is 24.0 Å². The molecule has 0 aliphatic carbocycles. The minimum atomic E-state index is -4.39. The summed E-state index contributed by atoms with van der Waals surface area (Å²) in [4.78, 5) is -1.15. The van der Waals surface area contributed by atoms with E-state index in [4.69, 9.17) is 0 Å². The highest BCUT2D eigenvalue weighted by molar-refractivity contribution is 9.09. The van der Waals surface area contributed by atoms with Crippen LogP contribution in [0.3, 0.4) is 0 Å². The van der Waals surface area contributed by atoms with Crippen molar-refractivity contribution in [1.82, 2.24) is 4.72 Å². The minimum absolute atomic E-state index is 0.0316. The van der Waals surface area contributed by atoms with Gasteiger partial charge in [-0.2, -0.15) is 0 Å². The van der Waals surface area contributed by atoms with Crippen molar-refractivity contribution in [2.75, 3.05) is 11.9 Å². The van der Waals surface area contributed by atoms with Gasteiger partial charge in [0.05, 0.1) is 0 Å². The molecule has 120 valence electrons. The summed E-state index contributed by atoms with van der Waals surface area (Å²) in [6, 6.07) is 0.685. The van der Waals surface area contributed by atoms with Crippen LogP contribution in [-0.4, -0.2) is 20.3 Å². The molecule has 0 unspecified atom stereocenters. The van der Waals surface area contributed by atoms with Crippen LogP contribution in [0.25, 0.3) is 0 Å². The lowest BCUT2D eigenvalue weighted by atomic mass is 9.85. The summed E-state index contributed by atoms with van der Waals surface area (Å²) in [7, 11) is -4.39. The summed E-state index contributed by atoms with van der Waals surface area (Å²) in [5.41, 5.74) is -0.347. The molecule has 0 saturated carbocycles. The molecule has 0 aliphatic rings. The van der Waals surface area contributed by atoms with E-state index in [0.717, 1.165) is 0 Å². The average Bonchev–Trinajstić information content (AvgIpc) is 2.39. The van der Waals surface area contributed by atoms with E-state index in [1.165, 1.54) is 0 Å². The molecule has 1 aromatic carbocycles. The molecule has 0 amide bonds. The summed E-state index contributed by atoms with van der Waals surface area (Å²) in [6.45, 7) is 3.83. The number of hydrogen-bond donors (Lipinski definition) is 1. The summed E-state index contributed by atoms with van der Waals surface area (Å²) in [5.74, 6) is -4.06. The summed E-state index contributed by atoms with van der Waals surface area (Å²) in [6.07, 6.45) is 1.37. The first-order chi connectivity index (χ1) is 9.71. The van der Waals surface area contributed by atoms with E-state index in [9.17, 15) is 21.6 Å².